The number of rotatable bonds is 2. The molecule has 0 aliphatic carbocycles. The molecule has 2 aromatic rings. The first kappa shape index (κ1) is 9.65. The van der Waals surface area contributed by atoms with E-state index < -0.39 is 0 Å². The summed E-state index contributed by atoms with van der Waals surface area (Å²) >= 11 is 0. The highest BCUT2D eigenvalue weighted by molar-refractivity contribution is 5.91. The maximum absolute atomic E-state index is 11.1. The van der Waals surface area contributed by atoms with Crippen LogP contribution in [-0.2, 0) is 0 Å². The molecule has 0 aliphatic heterocycles. The second-order valence-electron chi connectivity index (χ2n) is 3.52. The standard InChI is InChI=1S/C12H12N2O/c1-8-5-3-4-6-10(8)11-7-13-12(14-11)9(2)15/h3-7H,1-2H3,(H,13,14). The summed E-state index contributed by atoms with van der Waals surface area (Å²) in [5, 5.41) is 0. The van der Waals surface area contributed by atoms with E-state index in [1.165, 1.54) is 6.92 Å². The molecule has 0 saturated heterocycles. The fraction of sp³-hybridized carbons (Fsp3) is 0.167. The maximum Gasteiger partial charge on any atom is 0.194 e. The highest BCUT2D eigenvalue weighted by Gasteiger charge is 2.07. The number of carbonyl (C=O) groups excluding carboxylic acids is 1. The van der Waals surface area contributed by atoms with Crippen molar-refractivity contribution in [3.63, 3.8) is 0 Å². The molecule has 0 radical (unpaired) electrons. The van der Waals surface area contributed by atoms with Crippen molar-refractivity contribution in [1.82, 2.24) is 9.97 Å². The second kappa shape index (κ2) is 3.69. The van der Waals surface area contributed by atoms with Crippen LogP contribution >= 0.6 is 0 Å². The van der Waals surface area contributed by atoms with Gasteiger partial charge in [0, 0.05) is 12.5 Å². The van der Waals surface area contributed by atoms with Gasteiger partial charge >= 0.3 is 0 Å². The Labute approximate surface area is 88.2 Å². The fourth-order valence-electron chi connectivity index (χ4n) is 1.51. The molecule has 0 saturated carbocycles. The summed E-state index contributed by atoms with van der Waals surface area (Å²) in [6, 6.07) is 7.99. The molecule has 2 rings (SSSR count). The van der Waals surface area contributed by atoms with Gasteiger partial charge in [0.1, 0.15) is 0 Å². The van der Waals surface area contributed by atoms with Gasteiger partial charge in [-0.15, -0.1) is 0 Å². The largest absolute Gasteiger partial charge is 0.336 e. The monoisotopic (exact) mass is 200 g/mol. The minimum Gasteiger partial charge on any atom is -0.336 e. The average molecular weight is 200 g/mol. The second-order valence-corrected chi connectivity index (χ2v) is 3.52. The Morgan fingerprint density at radius 2 is 2.07 bits per heavy atom. The van der Waals surface area contributed by atoms with E-state index in [4.69, 9.17) is 0 Å². The van der Waals surface area contributed by atoms with Gasteiger partial charge in [0.15, 0.2) is 11.6 Å². The number of Topliss-reactive ketones (excluding diaryl/α,β-unsaturated/α-hetero) is 1. The van der Waals surface area contributed by atoms with Crippen LogP contribution in [0.25, 0.3) is 11.3 Å². The molecule has 0 fully saturated rings. The molecule has 1 N–H and O–H groups in total. The molecule has 0 spiro atoms. The third kappa shape index (κ3) is 1.81. The summed E-state index contributed by atoms with van der Waals surface area (Å²) in [4.78, 5) is 18.1. The van der Waals surface area contributed by atoms with Gasteiger partial charge in [-0.2, -0.15) is 0 Å². The number of nitrogens with one attached hydrogen (secondary N) is 1. The van der Waals surface area contributed by atoms with Gasteiger partial charge in [-0.3, -0.25) is 4.79 Å². The van der Waals surface area contributed by atoms with Crippen LogP contribution in [0.5, 0.6) is 0 Å². The lowest BCUT2D eigenvalue weighted by molar-refractivity contribution is 0.100. The van der Waals surface area contributed by atoms with E-state index in [2.05, 4.69) is 9.97 Å². The van der Waals surface area contributed by atoms with Crippen LogP contribution in [0.2, 0.25) is 0 Å². The molecule has 15 heavy (non-hydrogen) atoms. The number of hydrogen-bond acceptors (Lipinski definition) is 2. The molecule has 1 heterocycles. The van der Waals surface area contributed by atoms with Gasteiger partial charge in [0.25, 0.3) is 0 Å². The number of H-pyrrole nitrogens is 1. The summed E-state index contributed by atoms with van der Waals surface area (Å²) in [6.07, 6.45) is 1.69. The quantitative estimate of drug-likeness (QED) is 0.757. The Kier molecular flexibility index (Phi) is 2.37. The minimum atomic E-state index is -0.0464. The van der Waals surface area contributed by atoms with Crippen LogP contribution in [0.15, 0.2) is 30.5 Å². The van der Waals surface area contributed by atoms with Gasteiger partial charge < -0.3 is 4.98 Å². The number of nitrogens with zero attached hydrogens (tertiary/aromatic N) is 1. The minimum absolute atomic E-state index is 0.0464. The van der Waals surface area contributed by atoms with Crippen LogP contribution in [0.4, 0.5) is 0 Å². The summed E-state index contributed by atoms with van der Waals surface area (Å²) in [5.74, 6) is 0.364. The Balaban J connectivity index is 2.46. The van der Waals surface area contributed by atoms with Crippen molar-refractivity contribution < 1.29 is 4.79 Å². The summed E-state index contributed by atoms with van der Waals surface area (Å²) in [5.41, 5.74) is 3.13. The maximum atomic E-state index is 11.1. The molecule has 0 aliphatic rings. The number of aromatic amines is 1. The summed E-state index contributed by atoms with van der Waals surface area (Å²) in [6.45, 7) is 3.53. The zero-order chi connectivity index (χ0) is 10.8. The summed E-state index contributed by atoms with van der Waals surface area (Å²) < 4.78 is 0. The normalized spacial score (nSPS) is 10.3. The predicted octanol–water partition coefficient (Wildman–Crippen LogP) is 2.59. The van der Waals surface area contributed by atoms with Gasteiger partial charge in [-0.1, -0.05) is 24.3 Å². The van der Waals surface area contributed by atoms with E-state index in [-0.39, 0.29) is 5.78 Å². The number of ketones is 1. The molecule has 1 aromatic heterocycles. The average Bonchev–Trinajstić information content (AvgIpc) is 2.67. The Morgan fingerprint density at radius 3 is 2.67 bits per heavy atom. The Bertz CT molecular complexity index is 500. The van der Waals surface area contributed by atoms with E-state index in [0.29, 0.717) is 5.82 Å². The molecule has 3 nitrogen and oxygen atoms in total. The van der Waals surface area contributed by atoms with Crippen LogP contribution in [0.1, 0.15) is 23.1 Å². The third-order valence-electron chi connectivity index (χ3n) is 2.34. The number of benzene rings is 1. The van der Waals surface area contributed by atoms with Gasteiger partial charge in [0.2, 0.25) is 0 Å². The highest BCUT2D eigenvalue weighted by Crippen LogP contribution is 2.20. The lowest BCUT2D eigenvalue weighted by atomic mass is 10.1. The van der Waals surface area contributed by atoms with Crippen molar-refractivity contribution in [2.45, 2.75) is 13.8 Å². The number of aryl methyl sites for hydroxylation is 1. The van der Waals surface area contributed by atoms with Crippen LogP contribution in [0, 0.1) is 6.92 Å². The van der Waals surface area contributed by atoms with E-state index in [1.807, 2.05) is 31.2 Å². The number of carbonyl (C=O) groups is 1. The first-order valence-electron chi connectivity index (χ1n) is 4.80. The number of aromatic nitrogens is 2. The lowest BCUT2D eigenvalue weighted by Gasteiger charge is -2.01. The van der Waals surface area contributed by atoms with E-state index in [9.17, 15) is 4.79 Å². The van der Waals surface area contributed by atoms with Crippen molar-refractivity contribution in [2.75, 3.05) is 0 Å². The van der Waals surface area contributed by atoms with Crippen LogP contribution in [-0.4, -0.2) is 15.8 Å². The van der Waals surface area contributed by atoms with Crippen molar-refractivity contribution in [2.24, 2.45) is 0 Å². The fourth-order valence-corrected chi connectivity index (χ4v) is 1.51. The molecule has 3 heteroatoms. The first-order valence-corrected chi connectivity index (χ1v) is 4.80. The molecule has 1 aromatic carbocycles. The molecular formula is C12H12N2O. The molecule has 0 atom stereocenters. The van der Waals surface area contributed by atoms with Crippen LogP contribution in [0.3, 0.4) is 0 Å². The molecule has 76 valence electrons. The predicted molar refractivity (Wildman–Crippen MR) is 58.8 cm³/mol. The first-order chi connectivity index (χ1) is 7.18. The van der Waals surface area contributed by atoms with Gasteiger partial charge in [-0.05, 0) is 12.5 Å². The third-order valence-corrected chi connectivity index (χ3v) is 2.34. The zero-order valence-electron chi connectivity index (χ0n) is 8.74. The van der Waals surface area contributed by atoms with Gasteiger partial charge in [-0.25, -0.2) is 4.98 Å². The van der Waals surface area contributed by atoms with Crippen molar-refractivity contribution in [1.29, 1.82) is 0 Å². The van der Waals surface area contributed by atoms with Crippen LogP contribution < -0.4 is 0 Å². The zero-order valence-corrected chi connectivity index (χ0v) is 8.74. The van der Waals surface area contributed by atoms with E-state index in [0.717, 1.165) is 16.8 Å². The van der Waals surface area contributed by atoms with Crippen molar-refractivity contribution in [3.05, 3.63) is 41.9 Å². The smallest absolute Gasteiger partial charge is 0.194 e. The SMILES string of the molecule is CC(=O)c1ncc(-c2ccccc2C)[nH]1. The van der Waals surface area contributed by atoms with Gasteiger partial charge in [0.05, 0.1) is 11.9 Å². The van der Waals surface area contributed by atoms with E-state index in [1.54, 1.807) is 6.20 Å². The molecule has 0 unspecified atom stereocenters. The highest BCUT2D eigenvalue weighted by atomic mass is 16.1. The Morgan fingerprint density at radius 1 is 1.33 bits per heavy atom. The molecular weight excluding hydrogens is 188 g/mol. The number of imidazole rings is 1. The summed E-state index contributed by atoms with van der Waals surface area (Å²) in [7, 11) is 0. The Hall–Kier alpha value is -1.90. The van der Waals surface area contributed by atoms with Crippen molar-refractivity contribution in [3.8, 4) is 11.3 Å². The van der Waals surface area contributed by atoms with E-state index >= 15 is 0 Å². The number of hydrogen-bond donors (Lipinski definition) is 1. The topological polar surface area (TPSA) is 45.8 Å². The van der Waals surface area contributed by atoms with Crippen molar-refractivity contribution >= 4 is 5.78 Å². The molecule has 0 amide bonds. The molecule has 0 bridgehead atoms. The lowest BCUT2D eigenvalue weighted by Crippen LogP contribution is -1.94.